The lowest BCUT2D eigenvalue weighted by molar-refractivity contribution is 0.100. The van der Waals surface area contributed by atoms with E-state index in [1.54, 1.807) is 24.3 Å². The minimum Gasteiger partial charge on any atom is -0.390 e. The number of aromatic nitrogens is 2. The Balaban J connectivity index is 2.18. The number of hydrazone groups is 1. The minimum atomic E-state index is -0.670. The molecule has 2 rings (SSSR count). The predicted molar refractivity (Wildman–Crippen MR) is 91.5 cm³/mol. The number of carbonyl (C=O) groups is 1. The van der Waals surface area contributed by atoms with E-state index >= 15 is 0 Å². The molecule has 0 fully saturated rings. The molecule has 1 aromatic heterocycles. The van der Waals surface area contributed by atoms with Gasteiger partial charge < -0.3 is 27.7 Å². The Hall–Kier alpha value is -3.53. The Bertz CT molecular complexity index is 786. The lowest BCUT2D eigenvalue weighted by Crippen LogP contribution is -2.15. The fourth-order valence-electron chi connectivity index (χ4n) is 1.70. The van der Waals surface area contributed by atoms with Crippen molar-refractivity contribution in [2.45, 2.75) is 0 Å². The molecule has 0 aliphatic rings. The van der Waals surface area contributed by atoms with Crippen molar-refractivity contribution >= 4 is 41.0 Å². The van der Waals surface area contributed by atoms with Gasteiger partial charge in [-0.25, -0.2) is 4.98 Å². The summed E-state index contributed by atoms with van der Waals surface area (Å²) in [6.45, 7) is -0.301. The van der Waals surface area contributed by atoms with Gasteiger partial charge in [-0.15, -0.1) is 0 Å². The summed E-state index contributed by atoms with van der Waals surface area (Å²) >= 11 is 0. The Morgan fingerprint density at radius 1 is 1.33 bits per heavy atom. The highest BCUT2D eigenvalue weighted by Crippen LogP contribution is 2.21. The van der Waals surface area contributed by atoms with Crippen molar-refractivity contribution in [2.24, 2.45) is 21.7 Å². The molecule has 1 heterocycles. The molecule has 0 saturated heterocycles. The summed E-state index contributed by atoms with van der Waals surface area (Å²) in [5.74, 6) is 4.63. The first-order valence-corrected chi connectivity index (χ1v) is 6.74. The van der Waals surface area contributed by atoms with Crippen molar-refractivity contribution in [2.75, 3.05) is 17.7 Å². The van der Waals surface area contributed by atoms with E-state index in [2.05, 4.69) is 25.4 Å². The lowest BCUT2D eigenvalue weighted by Gasteiger charge is -2.09. The van der Waals surface area contributed by atoms with Crippen LogP contribution < -0.4 is 22.6 Å². The second kappa shape index (κ2) is 7.65. The van der Waals surface area contributed by atoms with Crippen LogP contribution in [0.5, 0.6) is 0 Å². The molecule has 24 heavy (non-hydrogen) atoms. The molecule has 0 aliphatic heterocycles. The maximum absolute atomic E-state index is 11.4. The van der Waals surface area contributed by atoms with Crippen molar-refractivity contribution in [1.82, 2.24) is 9.97 Å². The molecule has 0 aliphatic carbocycles. The third-order valence-corrected chi connectivity index (χ3v) is 2.89. The van der Waals surface area contributed by atoms with Gasteiger partial charge in [0.25, 0.3) is 5.91 Å². The van der Waals surface area contributed by atoms with E-state index in [0.29, 0.717) is 11.4 Å². The maximum atomic E-state index is 11.4. The second-order valence-electron chi connectivity index (χ2n) is 4.56. The number of anilines is 3. The zero-order chi connectivity index (χ0) is 17.5. The lowest BCUT2D eigenvalue weighted by atomic mass is 10.2. The Kier molecular flexibility index (Phi) is 5.36. The van der Waals surface area contributed by atoms with E-state index in [-0.39, 0.29) is 29.6 Å². The fraction of sp³-hybridized carbons (Fsp3) is 0.0714. The number of nitrogens with one attached hydrogen (secondary N) is 1. The number of nitrogen functional groups attached to an aromatic ring is 1. The second-order valence-corrected chi connectivity index (χ2v) is 4.56. The molecule has 0 unspecified atom stereocenters. The van der Waals surface area contributed by atoms with Crippen LogP contribution in [0, 0.1) is 0 Å². The summed E-state index contributed by atoms with van der Waals surface area (Å²) in [6.07, 6.45) is 2.62. The number of nitrogens with zero attached hydrogens (tertiary/aromatic N) is 4. The highest BCUT2D eigenvalue weighted by Gasteiger charge is 2.11. The quantitative estimate of drug-likeness (QED) is 0.279. The van der Waals surface area contributed by atoms with Crippen LogP contribution in [0.4, 0.5) is 23.1 Å². The summed E-state index contributed by atoms with van der Waals surface area (Å²) < 4.78 is 0. The summed E-state index contributed by atoms with van der Waals surface area (Å²) in [4.78, 5) is 23.2. The number of aliphatic imine (C=N–C) groups is 1. The van der Waals surface area contributed by atoms with Crippen molar-refractivity contribution in [3.63, 3.8) is 0 Å². The summed E-state index contributed by atoms with van der Waals surface area (Å²) in [5, 5.41) is 15.2. The van der Waals surface area contributed by atoms with Crippen LogP contribution in [0.3, 0.4) is 0 Å². The van der Waals surface area contributed by atoms with Gasteiger partial charge in [0.15, 0.2) is 0 Å². The molecule has 2 aromatic rings. The summed E-state index contributed by atoms with van der Waals surface area (Å²) in [6, 6.07) is 6.85. The predicted octanol–water partition coefficient (Wildman–Crippen LogP) is -0.0894. The van der Waals surface area contributed by atoms with Gasteiger partial charge in [0.1, 0.15) is 17.1 Å². The topological polar surface area (TPSA) is 178 Å². The van der Waals surface area contributed by atoms with Gasteiger partial charge >= 0.3 is 0 Å². The largest absolute Gasteiger partial charge is 0.390 e. The Morgan fingerprint density at radius 3 is 2.62 bits per heavy atom. The van der Waals surface area contributed by atoms with Crippen molar-refractivity contribution in [3.05, 3.63) is 36.0 Å². The number of carbonyl (C=O) groups excluding carboxylic acids is 1. The van der Waals surface area contributed by atoms with Gasteiger partial charge in [-0.3, -0.25) is 9.79 Å². The van der Waals surface area contributed by atoms with E-state index in [1.165, 1.54) is 12.4 Å². The monoisotopic (exact) mass is 328 g/mol. The minimum absolute atomic E-state index is 0.0151. The maximum Gasteiger partial charge on any atom is 0.254 e. The fourth-order valence-corrected chi connectivity index (χ4v) is 1.70. The number of aliphatic hydroxyl groups is 1. The summed E-state index contributed by atoms with van der Waals surface area (Å²) in [5.41, 5.74) is 12.4. The van der Waals surface area contributed by atoms with Crippen molar-refractivity contribution in [3.8, 4) is 0 Å². The van der Waals surface area contributed by atoms with E-state index in [9.17, 15) is 4.79 Å². The van der Waals surface area contributed by atoms with Gasteiger partial charge in [-0.05, 0) is 24.3 Å². The number of benzene rings is 1. The first-order valence-electron chi connectivity index (χ1n) is 6.74. The molecule has 10 nitrogen and oxygen atoms in total. The normalized spacial score (nSPS) is 11.6. The molecule has 1 amide bonds. The van der Waals surface area contributed by atoms with Gasteiger partial charge in [-0.2, -0.15) is 10.1 Å². The zero-order valence-electron chi connectivity index (χ0n) is 12.5. The molecule has 0 bridgehead atoms. The van der Waals surface area contributed by atoms with Crippen LogP contribution in [0.1, 0.15) is 10.4 Å². The van der Waals surface area contributed by atoms with Gasteiger partial charge in [0, 0.05) is 11.9 Å². The average molecular weight is 328 g/mol. The molecule has 0 saturated carbocycles. The number of amides is 1. The van der Waals surface area contributed by atoms with Crippen LogP contribution >= 0.6 is 0 Å². The van der Waals surface area contributed by atoms with Crippen LogP contribution in [-0.2, 0) is 0 Å². The molecule has 1 aromatic carbocycles. The summed E-state index contributed by atoms with van der Waals surface area (Å²) in [7, 11) is 0. The molecular weight excluding hydrogens is 312 g/mol. The van der Waals surface area contributed by atoms with Gasteiger partial charge in [0.05, 0.1) is 18.5 Å². The van der Waals surface area contributed by atoms with E-state index in [0.717, 1.165) is 0 Å². The standard InChI is InChI=1S/C14H16N8O2/c15-12(24)11-6-19-14(16)21-13(11)20-9-3-1-8(2-4-9)18-5-10(7-23)22-17/h1-6,23H,7,17H2,(H2,15,24)(H3,16,19,20,21). The zero-order valence-corrected chi connectivity index (χ0v) is 12.5. The Labute approximate surface area is 137 Å². The SMILES string of the molecule is NN=C(C=Nc1ccc(Nc2nc(N)ncc2C(N)=O)cc1)CO. The highest BCUT2D eigenvalue weighted by molar-refractivity contribution is 6.31. The van der Waals surface area contributed by atoms with E-state index in [4.69, 9.17) is 22.4 Å². The number of aliphatic hydroxyl groups excluding tert-OH is 1. The number of primary amides is 1. The van der Waals surface area contributed by atoms with E-state index in [1.807, 2.05) is 0 Å². The van der Waals surface area contributed by atoms with Crippen molar-refractivity contribution < 1.29 is 9.90 Å². The van der Waals surface area contributed by atoms with Crippen LogP contribution in [-0.4, -0.2) is 39.5 Å². The third kappa shape index (κ3) is 4.24. The number of nitrogens with two attached hydrogens (primary N) is 3. The molecule has 0 radical (unpaired) electrons. The molecular formula is C14H16N8O2. The smallest absolute Gasteiger partial charge is 0.254 e. The number of hydrogen-bond donors (Lipinski definition) is 5. The van der Waals surface area contributed by atoms with Crippen LogP contribution in [0.2, 0.25) is 0 Å². The van der Waals surface area contributed by atoms with Crippen LogP contribution in [0.15, 0.2) is 40.6 Å². The molecule has 8 N–H and O–H groups in total. The molecule has 0 spiro atoms. The van der Waals surface area contributed by atoms with Gasteiger partial charge in [-0.1, -0.05) is 0 Å². The average Bonchev–Trinajstić information content (AvgIpc) is 2.57. The Morgan fingerprint density at radius 2 is 2.04 bits per heavy atom. The first kappa shape index (κ1) is 16.8. The molecule has 10 heteroatoms. The highest BCUT2D eigenvalue weighted by atomic mass is 16.3. The molecule has 124 valence electrons. The van der Waals surface area contributed by atoms with E-state index < -0.39 is 5.91 Å². The first-order chi connectivity index (χ1) is 11.5. The number of hydrogen-bond acceptors (Lipinski definition) is 9. The van der Waals surface area contributed by atoms with Gasteiger partial charge in [0.2, 0.25) is 5.95 Å². The number of rotatable bonds is 6. The third-order valence-electron chi connectivity index (χ3n) is 2.89. The van der Waals surface area contributed by atoms with Crippen LogP contribution in [0.25, 0.3) is 0 Å². The molecule has 0 atom stereocenters. The van der Waals surface area contributed by atoms with Crippen molar-refractivity contribution in [1.29, 1.82) is 0 Å².